The number of oxazole rings is 1. The zero-order valence-electron chi connectivity index (χ0n) is 28.8. The number of methoxy groups -OCH3 is 1. The lowest BCUT2D eigenvalue weighted by molar-refractivity contribution is -0.0481. The number of fused-ring (bicyclic) bond motifs is 1. The predicted molar refractivity (Wildman–Crippen MR) is 196 cm³/mol. The second-order valence-corrected chi connectivity index (χ2v) is 18.4. The lowest BCUT2D eigenvalue weighted by atomic mass is 10.1. The Morgan fingerprint density at radius 3 is 2.33 bits per heavy atom. The molecular weight excluding hydrogens is 654 g/mol. The topological polar surface area (TPSA) is 86.9 Å². The second-order valence-electron chi connectivity index (χ2n) is 13.7. The molecule has 6 rings (SSSR count). The summed E-state index contributed by atoms with van der Waals surface area (Å²) in [5, 5.41) is 2.95. The van der Waals surface area contributed by atoms with Crippen LogP contribution in [0.1, 0.15) is 56.1 Å². The van der Waals surface area contributed by atoms with E-state index in [1.165, 1.54) is 10.4 Å². The Morgan fingerprint density at radius 2 is 1.69 bits per heavy atom. The number of amides is 1. The van der Waals surface area contributed by atoms with Crippen LogP contribution in [0.2, 0.25) is 10.1 Å². The number of nitrogens with zero attached hydrogens (tertiary/aromatic N) is 3. The number of hydrogen-bond acceptors (Lipinski definition) is 7. The standard InChI is InChI=1S/C39H44ClN3O5Si/c1-27-25-43(38(44)28-22-34-37(35(23-28)45-5)48-36(42-34)17-16-30-24-29(40)18-20-41-30)31(26-46-27)19-21-47-49(39(2,3)4,32-12-8-6-9-13-32)33-14-10-7-11-15-33/h6-15,18,20,22-24,27,31H,16-17,19,21,25-26H2,1-5H3. The SMILES string of the molecule is COc1cc(C(=O)N2CC(C)OCC2CCO[Si](c2ccccc2)(c2ccccc2)C(C)(C)C)cc2nc(CCc3cc(Cl)ccn3)oc12. The van der Waals surface area contributed by atoms with E-state index in [2.05, 4.69) is 74.3 Å². The zero-order chi connectivity index (χ0) is 34.6. The van der Waals surface area contributed by atoms with Gasteiger partial charge in [0.25, 0.3) is 14.2 Å². The minimum Gasteiger partial charge on any atom is -0.493 e. The largest absolute Gasteiger partial charge is 0.493 e. The number of benzene rings is 3. The molecule has 3 heterocycles. The van der Waals surface area contributed by atoms with Crippen molar-refractivity contribution in [2.45, 2.75) is 64.1 Å². The highest BCUT2D eigenvalue weighted by Crippen LogP contribution is 2.37. The first-order valence-corrected chi connectivity index (χ1v) is 19.1. The Bertz CT molecular complexity index is 1840. The molecular formula is C39H44ClN3O5Si. The van der Waals surface area contributed by atoms with E-state index in [0.717, 1.165) is 5.69 Å². The molecule has 1 aliphatic rings. The van der Waals surface area contributed by atoms with Crippen LogP contribution in [0.5, 0.6) is 5.75 Å². The zero-order valence-corrected chi connectivity index (χ0v) is 30.6. The normalized spacial score (nSPS) is 17.0. The lowest BCUT2D eigenvalue weighted by Gasteiger charge is -2.44. The number of aryl methyl sites for hydroxylation is 2. The molecule has 2 unspecified atom stereocenters. The molecule has 0 bridgehead atoms. The number of rotatable bonds is 11. The fraction of sp³-hybridized carbons (Fsp3) is 0.359. The highest BCUT2D eigenvalue weighted by Gasteiger charge is 2.50. The third-order valence-electron chi connectivity index (χ3n) is 9.26. The maximum Gasteiger partial charge on any atom is 0.261 e. The molecule has 0 saturated carbocycles. The Balaban J connectivity index is 1.23. The Morgan fingerprint density at radius 1 is 1.00 bits per heavy atom. The van der Waals surface area contributed by atoms with Crippen LogP contribution < -0.4 is 15.1 Å². The monoisotopic (exact) mass is 697 g/mol. The minimum absolute atomic E-state index is 0.0952. The molecule has 5 aromatic rings. The summed E-state index contributed by atoms with van der Waals surface area (Å²) in [5.74, 6) is 0.907. The Kier molecular flexibility index (Phi) is 10.5. The van der Waals surface area contributed by atoms with Gasteiger partial charge >= 0.3 is 0 Å². The molecule has 10 heteroatoms. The predicted octanol–water partition coefficient (Wildman–Crippen LogP) is 6.87. The summed E-state index contributed by atoms with van der Waals surface area (Å²) in [5.41, 5.74) is 2.43. The average Bonchev–Trinajstić information content (AvgIpc) is 3.52. The fourth-order valence-corrected chi connectivity index (χ4v) is 11.6. The molecule has 2 atom stereocenters. The molecule has 1 saturated heterocycles. The van der Waals surface area contributed by atoms with Gasteiger partial charge in [0.2, 0.25) is 0 Å². The minimum atomic E-state index is -2.72. The van der Waals surface area contributed by atoms with Gasteiger partial charge < -0.3 is 23.2 Å². The van der Waals surface area contributed by atoms with Crippen LogP contribution in [0.15, 0.2) is 95.5 Å². The molecule has 0 aliphatic carbocycles. The molecule has 2 aromatic heterocycles. The number of morpholine rings is 1. The van der Waals surface area contributed by atoms with Gasteiger partial charge in [-0.25, -0.2) is 4.98 Å². The summed E-state index contributed by atoms with van der Waals surface area (Å²) < 4.78 is 25.1. The summed E-state index contributed by atoms with van der Waals surface area (Å²) in [6, 6.07) is 28.2. The van der Waals surface area contributed by atoms with Crippen LogP contribution in [0.4, 0.5) is 0 Å². The third kappa shape index (κ3) is 7.45. The first-order chi connectivity index (χ1) is 23.6. The van der Waals surface area contributed by atoms with Gasteiger partial charge in [0.05, 0.1) is 25.9 Å². The van der Waals surface area contributed by atoms with Gasteiger partial charge in [0.1, 0.15) is 5.52 Å². The van der Waals surface area contributed by atoms with Gasteiger partial charge in [-0.3, -0.25) is 9.78 Å². The summed E-state index contributed by atoms with van der Waals surface area (Å²) in [4.78, 5) is 25.3. The highest BCUT2D eigenvalue weighted by atomic mass is 35.5. The molecule has 49 heavy (non-hydrogen) atoms. The molecule has 1 aliphatic heterocycles. The summed E-state index contributed by atoms with van der Waals surface area (Å²) in [7, 11) is -1.15. The maximum atomic E-state index is 14.3. The van der Waals surface area contributed by atoms with Crippen LogP contribution in [0, 0.1) is 0 Å². The number of pyridine rings is 1. The van der Waals surface area contributed by atoms with E-state index in [1.807, 2.05) is 30.0 Å². The van der Waals surface area contributed by atoms with E-state index in [-0.39, 0.29) is 23.1 Å². The molecule has 0 radical (unpaired) electrons. The van der Waals surface area contributed by atoms with Crippen molar-refractivity contribution in [1.82, 2.24) is 14.9 Å². The first kappa shape index (κ1) is 34.8. The highest BCUT2D eigenvalue weighted by molar-refractivity contribution is 6.99. The number of hydrogen-bond donors (Lipinski definition) is 0. The van der Waals surface area contributed by atoms with Gasteiger partial charge in [-0.2, -0.15) is 0 Å². The Labute approximate surface area is 294 Å². The van der Waals surface area contributed by atoms with Crippen molar-refractivity contribution in [2.75, 3.05) is 26.9 Å². The summed E-state index contributed by atoms with van der Waals surface area (Å²) in [6.45, 7) is 10.2. The number of carbonyl (C=O) groups is 1. The van der Waals surface area contributed by atoms with Crippen molar-refractivity contribution in [3.63, 3.8) is 0 Å². The smallest absolute Gasteiger partial charge is 0.261 e. The van der Waals surface area contributed by atoms with Crippen LogP contribution in [0.25, 0.3) is 11.1 Å². The van der Waals surface area contributed by atoms with Crippen LogP contribution >= 0.6 is 11.6 Å². The van der Waals surface area contributed by atoms with E-state index < -0.39 is 8.32 Å². The second kappa shape index (κ2) is 14.8. The number of carbonyl (C=O) groups excluding carboxylic acids is 1. The number of ether oxygens (including phenoxy) is 2. The van der Waals surface area contributed by atoms with Crippen molar-refractivity contribution in [3.05, 3.63) is 113 Å². The van der Waals surface area contributed by atoms with Crippen LogP contribution in [-0.4, -0.2) is 68.1 Å². The Hall–Kier alpha value is -4.02. The molecule has 0 N–H and O–H groups in total. The van der Waals surface area contributed by atoms with Gasteiger partial charge in [0, 0.05) is 42.0 Å². The van der Waals surface area contributed by atoms with E-state index in [9.17, 15) is 4.79 Å². The molecule has 3 aromatic carbocycles. The average molecular weight is 698 g/mol. The molecule has 1 fully saturated rings. The number of aromatic nitrogens is 2. The van der Waals surface area contributed by atoms with Gasteiger partial charge in [-0.15, -0.1) is 0 Å². The molecule has 0 spiro atoms. The maximum absolute atomic E-state index is 14.3. The van der Waals surface area contributed by atoms with Gasteiger partial charge in [0.15, 0.2) is 17.2 Å². The van der Waals surface area contributed by atoms with E-state index in [1.54, 1.807) is 31.5 Å². The van der Waals surface area contributed by atoms with Crippen molar-refractivity contribution < 1.29 is 23.1 Å². The van der Waals surface area contributed by atoms with E-state index in [0.29, 0.717) is 72.3 Å². The summed E-state index contributed by atoms with van der Waals surface area (Å²) in [6.07, 6.45) is 3.37. The molecule has 1 amide bonds. The van der Waals surface area contributed by atoms with Crippen molar-refractivity contribution >= 4 is 47.3 Å². The molecule has 256 valence electrons. The molecule has 8 nitrogen and oxygen atoms in total. The van der Waals surface area contributed by atoms with Crippen LogP contribution in [0.3, 0.4) is 0 Å². The first-order valence-electron chi connectivity index (χ1n) is 16.8. The van der Waals surface area contributed by atoms with E-state index >= 15 is 0 Å². The fourth-order valence-electron chi connectivity index (χ4n) is 6.86. The van der Waals surface area contributed by atoms with Gasteiger partial charge in [-0.05, 0) is 59.4 Å². The van der Waals surface area contributed by atoms with Crippen LogP contribution in [-0.2, 0) is 22.0 Å². The lowest BCUT2D eigenvalue weighted by Crippen LogP contribution is -2.66. The summed E-state index contributed by atoms with van der Waals surface area (Å²) >= 11 is 6.13. The van der Waals surface area contributed by atoms with E-state index in [4.69, 9.17) is 34.9 Å². The quantitative estimate of drug-likeness (QED) is 0.139. The third-order valence-corrected chi connectivity index (χ3v) is 14.5. The van der Waals surface area contributed by atoms with Gasteiger partial charge in [-0.1, -0.05) is 93.0 Å². The van der Waals surface area contributed by atoms with Crippen molar-refractivity contribution in [1.29, 1.82) is 0 Å². The van der Waals surface area contributed by atoms with Crippen molar-refractivity contribution in [2.24, 2.45) is 0 Å². The number of halogens is 1. The van der Waals surface area contributed by atoms with Crippen molar-refractivity contribution in [3.8, 4) is 5.75 Å².